The number of hydrogen-bond acceptors (Lipinski definition) is 4. The molecule has 0 fully saturated rings. The predicted molar refractivity (Wildman–Crippen MR) is 44.4 cm³/mol. The van der Waals surface area contributed by atoms with E-state index in [0.717, 1.165) is 0 Å². The van der Waals surface area contributed by atoms with Crippen molar-refractivity contribution in [3.05, 3.63) is 29.8 Å². The van der Waals surface area contributed by atoms with Crippen molar-refractivity contribution in [1.29, 1.82) is 0 Å². The predicted octanol–water partition coefficient (Wildman–Crippen LogP) is -6.20. The van der Waals surface area contributed by atoms with Gasteiger partial charge in [0.15, 0.2) is 0 Å². The second-order valence-electron chi connectivity index (χ2n) is 2.02. The number of para-hydroxylation sites is 1. The van der Waals surface area contributed by atoms with E-state index < -0.39 is 23.1 Å². The fraction of sp³-hybridized carbons (Fsp3) is 0. The third-order valence-electron chi connectivity index (χ3n) is 1.12. The summed E-state index contributed by atoms with van der Waals surface area (Å²) in [5, 5.41) is 19.0. The molecule has 1 rings (SSSR count). The van der Waals surface area contributed by atoms with Crippen molar-refractivity contribution in [1.82, 2.24) is 0 Å². The van der Waals surface area contributed by atoms with Crippen LogP contribution in [0.15, 0.2) is 24.3 Å². The minimum Gasteiger partial charge on any atom is -0.872 e. The van der Waals surface area contributed by atoms with Crippen LogP contribution in [0.4, 0.5) is 0 Å². The van der Waals surface area contributed by atoms with E-state index in [9.17, 15) is 9.90 Å². The quantitative estimate of drug-likeness (QED) is 0.384. The van der Waals surface area contributed by atoms with Gasteiger partial charge >= 0.3 is 65.1 Å². The molecule has 0 saturated heterocycles. The molecule has 0 saturated carbocycles. The monoisotopic (exact) mass is 264 g/mol. The van der Waals surface area contributed by atoms with Gasteiger partial charge in [-0.05, 0) is 6.07 Å². The molecular weight excluding hydrogens is 258 g/mol. The Labute approximate surface area is 139 Å². The van der Waals surface area contributed by atoms with Crippen LogP contribution >= 0.6 is 0 Å². The molecule has 1 atom stereocenters. The Hall–Kier alpha value is 0.560. The van der Waals surface area contributed by atoms with Crippen molar-refractivity contribution >= 4 is 17.3 Å². The van der Waals surface area contributed by atoms with Crippen molar-refractivity contribution in [2.45, 2.75) is 0 Å². The maximum atomic E-state index is 10.7. The van der Waals surface area contributed by atoms with Crippen LogP contribution in [-0.4, -0.2) is 24.4 Å². The van der Waals surface area contributed by atoms with Gasteiger partial charge in [-0.3, -0.25) is 0 Å². The molecule has 16 heavy (non-hydrogen) atoms. The summed E-state index contributed by atoms with van der Waals surface area (Å²) >= 11 is -2.86. The molecule has 0 aliphatic rings. The van der Waals surface area contributed by atoms with Crippen LogP contribution in [0, 0.1) is 0 Å². The van der Waals surface area contributed by atoms with Gasteiger partial charge in [-0.1, -0.05) is 23.9 Å². The molecule has 2 N–H and O–H groups in total. The Bertz CT molecular complexity index is 341. The molecule has 0 aliphatic heterocycles. The molecule has 0 heterocycles. The third kappa shape index (κ3) is 11.1. The van der Waals surface area contributed by atoms with Gasteiger partial charge in [-0.15, -0.1) is 0 Å². The van der Waals surface area contributed by atoms with Gasteiger partial charge in [-0.2, -0.15) is 0 Å². The zero-order chi connectivity index (χ0) is 11.1. The van der Waals surface area contributed by atoms with Crippen LogP contribution in [0.5, 0.6) is 5.75 Å². The maximum Gasteiger partial charge on any atom is 1.00 e. The number of carbonyl (C=O) groups is 1. The van der Waals surface area contributed by atoms with E-state index >= 15 is 0 Å². The van der Waals surface area contributed by atoms with Crippen LogP contribution in [0.3, 0.4) is 0 Å². The van der Waals surface area contributed by atoms with Gasteiger partial charge in [0.1, 0.15) is 0 Å². The largest absolute Gasteiger partial charge is 1.00 e. The Morgan fingerprint density at radius 2 is 1.62 bits per heavy atom. The van der Waals surface area contributed by atoms with Crippen molar-refractivity contribution in [2.24, 2.45) is 0 Å². The fourth-order valence-electron chi connectivity index (χ4n) is 0.643. The van der Waals surface area contributed by atoms with E-state index in [-0.39, 0.29) is 64.7 Å². The topological polar surface area (TPSA) is 121 Å². The number of carboxylic acids is 1. The van der Waals surface area contributed by atoms with Gasteiger partial charge in [0.2, 0.25) is 0 Å². The molecule has 1 unspecified atom stereocenters. The Morgan fingerprint density at radius 3 is 1.88 bits per heavy atom. The average molecular weight is 264 g/mol. The summed E-state index contributed by atoms with van der Waals surface area (Å²) in [6, 6.07) is 5.54. The molecule has 0 radical (unpaired) electrons. The summed E-state index contributed by atoms with van der Waals surface area (Å²) in [7, 11) is 0. The standard InChI is InChI=1S/C7H6O3.2Na.H2O3S/c8-6-4-2-1-3-5(6)7(9)10;;;1-4(2)3/h1-4,8H,(H,9,10);;;(H2,1,2,3)/q;2*+1;/p-2. The fourth-order valence-corrected chi connectivity index (χ4v) is 0.643. The van der Waals surface area contributed by atoms with E-state index in [1.807, 2.05) is 0 Å². The van der Waals surface area contributed by atoms with Crippen LogP contribution in [0.25, 0.3) is 0 Å². The summed E-state index contributed by atoms with van der Waals surface area (Å²) in [5.41, 5.74) is -0.178. The first-order valence-corrected chi connectivity index (χ1v) is 4.26. The molecule has 1 aromatic rings. The molecule has 0 aliphatic carbocycles. The van der Waals surface area contributed by atoms with Crippen LogP contribution < -0.4 is 64.2 Å². The zero-order valence-corrected chi connectivity index (χ0v) is 13.6. The second kappa shape index (κ2) is 12.0. The summed E-state index contributed by atoms with van der Waals surface area (Å²) in [6.07, 6.45) is 0. The number of rotatable bonds is 1. The van der Waals surface area contributed by atoms with Crippen LogP contribution in [0.2, 0.25) is 0 Å². The summed E-state index contributed by atoms with van der Waals surface area (Å²) in [4.78, 5) is 10.2. The average Bonchev–Trinajstić information content (AvgIpc) is 2.03. The molecule has 1 aromatic carbocycles. The summed E-state index contributed by atoms with van der Waals surface area (Å²) < 4.78 is 24.1. The number of benzene rings is 1. The van der Waals surface area contributed by atoms with E-state index in [4.69, 9.17) is 18.4 Å². The minimum absolute atomic E-state index is 0. The first-order chi connectivity index (χ1) is 6.45. The zero-order valence-electron chi connectivity index (χ0n) is 8.75. The maximum absolute atomic E-state index is 10.7. The van der Waals surface area contributed by atoms with Gasteiger partial charge < -0.3 is 19.3 Å². The van der Waals surface area contributed by atoms with Crippen molar-refractivity contribution < 1.29 is 87.4 Å². The molecule has 0 amide bonds. The summed E-state index contributed by atoms with van der Waals surface area (Å²) in [6.45, 7) is 0. The summed E-state index contributed by atoms with van der Waals surface area (Å²) in [5.74, 6) is -1.62. The van der Waals surface area contributed by atoms with Crippen LogP contribution in [0.1, 0.15) is 10.4 Å². The molecular formula is C7H6Na2O6S. The van der Waals surface area contributed by atoms with E-state index in [1.54, 1.807) is 0 Å². The van der Waals surface area contributed by atoms with Crippen LogP contribution in [-0.2, 0) is 11.4 Å². The molecule has 9 heteroatoms. The first-order valence-electron chi connectivity index (χ1n) is 3.23. The van der Waals surface area contributed by atoms with E-state index in [2.05, 4.69) is 0 Å². The molecule has 78 valence electrons. The molecule has 0 spiro atoms. The number of carboxylic acid groups (broad SMARTS) is 1. The Balaban J connectivity index is -0.000000249. The Morgan fingerprint density at radius 1 is 1.25 bits per heavy atom. The van der Waals surface area contributed by atoms with Crippen molar-refractivity contribution in [3.8, 4) is 5.75 Å². The van der Waals surface area contributed by atoms with Gasteiger partial charge in [0.05, 0.1) is 16.9 Å². The van der Waals surface area contributed by atoms with Gasteiger partial charge in [-0.25, -0.2) is 9.00 Å². The molecule has 6 nitrogen and oxygen atoms in total. The van der Waals surface area contributed by atoms with Gasteiger partial charge in [0, 0.05) is 0 Å². The van der Waals surface area contributed by atoms with Crippen molar-refractivity contribution in [2.75, 3.05) is 0 Å². The minimum atomic E-state index is -2.86. The Kier molecular flexibility index (Phi) is 16.4. The molecule has 0 bridgehead atoms. The normalized spacial score (nSPS) is 9.62. The second-order valence-corrected chi connectivity index (χ2v) is 2.45. The van der Waals surface area contributed by atoms with E-state index in [0.29, 0.717) is 0 Å². The van der Waals surface area contributed by atoms with Gasteiger partial charge in [0.25, 0.3) is 0 Å². The van der Waals surface area contributed by atoms with E-state index in [1.165, 1.54) is 24.3 Å². The smallest absolute Gasteiger partial charge is 0.872 e. The third-order valence-corrected chi connectivity index (χ3v) is 1.12. The number of aromatic carboxylic acids is 1. The molecule has 0 aromatic heterocycles. The van der Waals surface area contributed by atoms with Crippen molar-refractivity contribution in [3.63, 3.8) is 0 Å². The first kappa shape index (κ1) is 21.8. The number of hydrogen-bond donors (Lipinski definition) is 2. The SMILES string of the molecule is O=C(O)c1ccccc1[O-].O=S([O-])O.[Na+].[Na+].